The molecule has 2 aromatic carbocycles. The largest absolute Gasteiger partial charge is 0.420 e. The van der Waals surface area contributed by atoms with Crippen LogP contribution in [-0.4, -0.2) is 12.0 Å². The maximum Gasteiger partial charge on any atom is 0.343 e. The molecule has 2 aromatic rings. The summed E-state index contributed by atoms with van der Waals surface area (Å²) in [4.78, 5) is 12.4. The molecule has 0 fully saturated rings. The van der Waals surface area contributed by atoms with E-state index in [1.165, 1.54) is 70.6 Å². The zero-order valence-corrected chi connectivity index (χ0v) is 20.9. The van der Waals surface area contributed by atoms with Crippen LogP contribution in [0, 0.1) is 11.6 Å². The number of carbonyl (C=O) groups excluding carboxylic acids is 1. The van der Waals surface area contributed by atoms with E-state index in [-0.39, 0.29) is 5.75 Å². The molecule has 0 heterocycles. The predicted molar refractivity (Wildman–Crippen MR) is 137 cm³/mol. The van der Waals surface area contributed by atoms with Crippen molar-refractivity contribution in [3.8, 4) is 5.75 Å². The molecule has 3 nitrogen and oxygen atoms in total. The fraction of sp³-hybridized carbons (Fsp3) is 0.552. The first-order chi connectivity index (χ1) is 16.5. The van der Waals surface area contributed by atoms with Gasteiger partial charge in [0.05, 0.1) is 5.56 Å². The first-order valence-electron chi connectivity index (χ1n) is 13.1. The Morgan fingerprint density at radius 3 is 1.91 bits per heavy atom. The summed E-state index contributed by atoms with van der Waals surface area (Å²) in [6.07, 6.45) is 16.4. The zero-order chi connectivity index (χ0) is 24.6. The minimum atomic E-state index is -0.900. The third kappa shape index (κ3) is 10.7. The molecule has 0 radical (unpaired) electrons. The highest BCUT2D eigenvalue weighted by Gasteiger charge is 2.14. The molecule has 188 valence electrons. The highest BCUT2D eigenvalue weighted by Crippen LogP contribution is 2.21. The van der Waals surface area contributed by atoms with E-state index in [1.807, 2.05) is 12.1 Å². The summed E-state index contributed by atoms with van der Waals surface area (Å²) in [6.45, 7) is 4.48. The predicted octanol–water partition coefficient (Wildman–Crippen LogP) is 9.08. The molecule has 0 aliphatic rings. The third-order valence-corrected chi connectivity index (χ3v) is 6.15. The first kappa shape index (κ1) is 27.8. The van der Waals surface area contributed by atoms with Crippen LogP contribution < -0.4 is 10.1 Å². The molecule has 0 spiro atoms. The lowest BCUT2D eigenvalue weighted by Gasteiger charge is -2.20. The number of ether oxygens (including phenoxy) is 1. The van der Waals surface area contributed by atoms with Crippen LogP contribution in [0.3, 0.4) is 0 Å². The van der Waals surface area contributed by atoms with Crippen LogP contribution in [0.25, 0.3) is 0 Å². The van der Waals surface area contributed by atoms with Crippen molar-refractivity contribution >= 4 is 11.7 Å². The van der Waals surface area contributed by atoms with Crippen molar-refractivity contribution in [3.05, 3.63) is 59.7 Å². The number of nitrogens with one attached hydrogen (secondary N) is 1. The molecule has 0 aliphatic carbocycles. The number of halogens is 2. The van der Waals surface area contributed by atoms with Gasteiger partial charge in [-0.3, -0.25) is 0 Å². The summed E-state index contributed by atoms with van der Waals surface area (Å²) in [6, 6.07) is 10.4. The lowest BCUT2D eigenvalue weighted by Crippen LogP contribution is -2.19. The molecular weight excluding hydrogens is 432 g/mol. The summed E-state index contributed by atoms with van der Waals surface area (Å²) in [5.74, 6) is -2.57. The van der Waals surface area contributed by atoms with Gasteiger partial charge >= 0.3 is 5.97 Å². The van der Waals surface area contributed by atoms with Crippen LogP contribution in [-0.2, 0) is 0 Å². The van der Waals surface area contributed by atoms with Gasteiger partial charge in [-0.1, -0.05) is 84.5 Å². The number of unbranched alkanes of at least 4 members (excludes halogenated alkanes) is 9. The molecule has 1 N–H and O–H groups in total. The second kappa shape index (κ2) is 16.2. The fourth-order valence-electron chi connectivity index (χ4n) is 4.11. The van der Waals surface area contributed by atoms with Crippen molar-refractivity contribution in [1.29, 1.82) is 0 Å². The maximum atomic E-state index is 13.8. The number of benzene rings is 2. The van der Waals surface area contributed by atoms with Crippen LogP contribution >= 0.6 is 0 Å². The third-order valence-electron chi connectivity index (χ3n) is 6.15. The Hall–Kier alpha value is -2.43. The topological polar surface area (TPSA) is 38.3 Å². The average molecular weight is 474 g/mol. The fourth-order valence-corrected chi connectivity index (χ4v) is 4.11. The van der Waals surface area contributed by atoms with E-state index in [2.05, 4.69) is 19.2 Å². The average Bonchev–Trinajstić information content (AvgIpc) is 2.83. The quantitative estimate of drug-likeness (QED) is 0.141. The molecule has 1 unspecified atom stereocenters. The van der Waals surface area contributed by atoms with Gasteiger partial charge in [-0.2, -0.15) is 0 Å². The maximum absolute atomic E-state index is 13.8. The lowest BCUT2D eigenvalue weighted by molar-refractivity contribution is 0.0727. The van der Waals surface area contributed by atoms with Gasteiger partial charge in [-0.15, -0.1) is 0 Å². The monoisotopic (exact) mass is 473 g/mol. The number of hydrogen-bond acceptors (Lipinski definition) is 3. The number of hydrogen-bond donors (Lipinski definition) is 1. The smallest absolute Gasteiger partial charge is 0.343 e. The Balaban J connectivity index is 1.89. The van der Waals surface area contributed by atoms with Crippen LogP contribution in [0.15, 0.2) is 42.5 Å². The molecule has 2 rings (SSSR count). The molecule has 0 bridgehead atoms. The van der Waals surface area contributed by atoms with Gasteiger partial charge in [-0.25, -0.2) is 13.6 Å². The summed E-state index contributed by atoms with van der Waals surface area (Å²) in [5, 5.41) is 3.65. The van der Waals surface area contributed by atoms with Crippen molar-refractivity contribution in [3.63, 3.8) is 0 Å². The molecular formula is C29H41F2NO2. The van der Waals surface area contributed by atoms with Gasteiger partial charge in [0.25, 0.3) is 0 Å². The Labute approximate surface area is 204 Å². The van der Waals surface area contributed by atoms with Crippen molar-refractivity contribution in [2.45, 2.75) is 103 Å². The number of carbonyl (C=O) groups is 1. The molecule has 0 aromatic heterocycles. The van der Waals surface area contributed by atoms with Crippen molar-refractivity contribution in [2.24, 2.45) is 0 Å². The summed E-state index contributed by atoms with van der Waals surface area (Å²) in [5.41, 5.74) is 1.29. The standard InChI is InChI=1S/C29H41F2NO2/c1-3-5-7-9-11-13-15-25(14-12-10-8-6-4-2)32-26-19-16-23(17-20-26)29(33)34-28-21-18-24(30)22-27(28)31/h16-22,25,32H,3-15H2,1-2H3. The minimum Gasteiger partial charge on any atom is -0.420 e. The van der Waals surface area contributed by atoms with E-state index < -0.39 is 17.6 Å². The first-order valence-corrected chi connectivity index (χ1v) is 13.1. The molecule has 0 aliphatic heterocycles. The van der Waals surface area contributed by atoms with E-state index in [0.717, 1.165) is 30.7 Å². The second-order valence-corrected chi connectivity index (χ2v) is 9.14. The Morgan fingerprint density at radius 2 is 1.35 bits per heavy atom. The number of rotatable bonds is 17. The normalized spacial score (nSPS) is 11.9. The van der Waals surface area contributed by atoms with E-state index >= 15 is 0 Å². The van der Waals surface area contributed by atoms with Crippen LogP contribution in [0.4, 0.5) is 14.5 Å². The van der Waals surface area contributed by atoms with E-state index in [9.17, 15) is 13.6 Å². The second-order valence-electron chi connectivity index (χ2n) is 9.14. The Kier molecular flexibility index (Phi) is 13.3. The van der Waals surface area contributed by atoms with Gasteiger partial charge in [0.15, 0.2) is 11.6 Å². The number of esters is 1. The van der Waals surface area contributed by atoms with Crippen LogP contribution in [0.5, 0.6) is 5.75 Å². The van der Waals surface area contributed by atoms with E-state index in [1.54, 1.807) is 12.1 Å². The van der Waals surface area contributed by atoms with Crippen molar-refractivity contribution in [2.75, 3.05) is 5.32 Å². The highest BCUT2D eigenvalue weighted by atomic mass is 19.1. The molecule has 0 saturated carbocycles. The van der Waals surface area contributed by atoms with Crippen LogP contribution in [0.2, 0.25) is 0 Å². The Morgan fingerprint density at radius 1 is 0.794 bits per heavy atom. The van der Waals surface area contributed by atoms with Gasteiger partial charge in [0.1, 0.15) is 5.82 Å². The van der Waals surface area contributed by atoms with Gasteiger partial charge in [0, 0.05) is 17.8 Å². The molecule has 5 heteroatoms. The highest BCUT2D eigenvalue weighted by molar-refractivity contribution is 5.91. The molecule has 1 atom stereocenters. The SMILES string of the molecule is CCCCCCCCC(CCCCCCC)Nc1ccc(C(=O)Oc2ccc(F)cc2F)cc1. The number of anilines is 1. The molecule has 0 amide bonds. The summed E-state index contributed by atoms with van der Waals surface area (Å²) in [7, 11) is 0. The van der Waals surface area contributed by atoms with Gasteiger partial charge in [0.2, 0.25) is 0 Å². The van der Waals surface area contributed by atoms with Crippen molar-refractivity contribution < 1.29 is 18.3 Å². The van der Waals surface area contributed by atoms with Crippen LogP contribution in [0.1, 0.15) is 108 Å². The van der Waals surface area contributed by atoms with Gasteiger partial charge in [-0.05, 0) is 49.2 Å². The summed E-state index contributed by atoms with van der Waals surface area (Å²) < 4.78 is 31.9. The Bertz CT molecular complexity index is 839. The zero-order valence-electron chi connectivity index (χ0n) is 20.9. The molecule has 34 heavy (non-hydrogen) atoms. The van der Waals surface area contributed by atoms with E-state index in [4.69, 9.17) is 4.74 Å². The summed E-state index contributed by atoms with van der Waals surface area (Å²) >= 11 is 0. The molecule has 0 saturated heterocycles. The minimum absolute atomic E-state index is 0.282. The van der Waals surface area contributed by atoms with Crippen molar-refractivity contribution in [1.82, 2.24) is 0 Å². The lowest BCUT2D eigenvalue weighted by atomic mass is 10.00. The van der Waals surface area contributed by atoms with Gasteiger partial charge < -0.3 is 10.1 Å². The van der Waals surface area contributed by atoms with E-state index in [0.29, 0.717) is 17.7 Å².